The van der Waals surface area contributed by atoms with Crippen LogP contribution in [0.15, 0.2) is 0 Å². The standard InChI is InChI=1S/C28H38O9/c1-14-17-13-35-25(31)21(17)23(34-8)16-11-19-27(5,10-9-20(30)33-7)24(26(3,4)32)18(36-15(2)29)12-28(19,6)37-22(14)16/h18-19,24,32H,9-13H2,1-8H3/t18-,19-,24+,27-,28+/m1/s1. The van der Waals surface area contributed by atoms with Gasteiger partial charge in [-0.25, -0.2) is 4.79 Å². The molecular formula is C28H38O9. The van der Waals surface area contributed by atoms with Gasteiger partial charge in [-0.1, -0.05) is 6.92 Å². The minimum atomic E-state index is -1.24. The van der Waals surface area contributed by atoms with Gasteiger partial charge in [-0.2, -0.15) is 0 Å². The molecule has 204 valence electrons. The second-order valence-electron chi connectivity index (χ2n) is 11.6. The normalized spacial score (nSPS) is 30.3. The Morgan fingerprint density at radius 1 is 1.19 bits per heavy atom. The van der Waals surface area contributed by atoms with Crippen LogP contribution in [0.25, 0.3) is 0 Å². The van der Waals surface area contributed by atoms with Gasteiger partial charge in [-0.3, -0.25) is 9.59 Å². The smallest absolute Gasteiger partial charge is 0.342 e. The topological polar surface area (TPSA) is 118 Å². The van der Waals surface area contributed by atoms with Crippen molar-refractivity contribution in [3.8, 4) is 11.5 Å². The molecule has 1 aliphatic carbocycles. The third kappa shape index (κ3) is 4.35. The van der Waals surface area contributed by atoms with Crippen molar-refractivity contribution in [2.45, 2.75) is 91.1 Å². The molecular weight excluding hydrogens is 480 g/mol. The summed E-state index contributed by atoms with van der Waals surface area (Å²) in [5, 5.41) is 11.4. The molecule has 0 saturated heterocycles. The maximum Gasteiger partial charge on any atom is 0.342 e. The first-order chi connectivity index (χ1) is 17.2. The van der Waals surface area contributed by atoms with E-state index < -0.39 is 40.6 Å². The Kier molecular flexibility index (Phi) is 6.76. The molecule has 1 aromatic rings. The first kappa shape index (κ1) is 27.2. The van der Waals surface area contributed by atoms with E-state index in [0.717, 1.165) is 16.7 Å². The van der Waals surface area contributed by atoms with Crippen molar-refractivity contribution < 1.29 is 43.2 Å². The number of esters is 3. The molecule has 9 heteroatoms. The molecule has 0 radical (unpaired) electrons. The highest BCUT2D eigenvalue weighted by atomic mass is 16.6. The number of benzene rings is 1. The van der Waals surface area contributed by atoms with E-state index in [1.54, 1.807) is 13.8 Å². The zero-order valence-corrected chi connectivity index (χ0v) is 23.0. The van der Waals surface area contributed by atoms with Gasteiger partial charge in [0.25, 0.3) is 0 Å². The molecule has 2 aliphatic heterocycles. The molecule has 1 aromatic carbocycles. The summed E-state index contributed by atoms with van der Waals surface area (Å²) in [6.45, 7) is 10.8. The van der Waals surface area contributed by atoms with Crippen LogP contribution in [0, 0.1) is 24.2 Å². The largest absolute Gasteiger partial charge is 0.495 e. The third-order valence-electron chi connectivity index (χ3n) is 8.77. The summed E-state index contributed by atoms with van der Waals surface area (Å²) in [6.07, 6.45) is 0.683. The van der Waals surface area contributed by atoms with E-state index in [-0.39, 0.29) is 24.9 Å². The van der Waals surface area contributed by atoms with Crippen LogP contribution < -0.4 is 9.47 Å². The predicted molar refractivity (Wildman–Crippen MR) is 132 cm³/mol. The van der Waals surface area contributed by atoms with Crippen molar-refractivity contribution in [3.05, 3.63) is 22.3 Å². The third-order valence-corrected chi connectivity index (χ3v) is 8.77. The molecule has 1 fully saturated rings. The molecule has 0 unspecified atom stereocenters. The highest BCUT2D eigenvalue weighted by Gasteiger charge is 2.64. The van der Waals surface area contributed by atoms with Gasteiger partial charge in [0.2, 0.25) is 0 Å². The number of hydrogen-bond donors (Lipinski definition) is 1. The van der Waals surface area contributed by atoms with Crippen molar-refractivity contribution in [1.29, 1.82) is 0 Å². The number of aliphatic hydroxyl groups is 1. The lowest BCUT2D eigenvalue weighted by atomic mass is 9.48. The Labute approximate surface area is 217 Å². The van der Waals surface area contributed by atoms with Crippen molar-refractivity contribution in [2.24, 2.45) is 17.3 Å². The second kappa shape index (κ2) is 9.19. The molecule has 9 nitrogen and oxygen atoms in total. The number of rotatable bonds is 6. The lowest BCUT2D eigenvalue weighted by Gasteiger charge is -2.62. The fraction of sp³-hybridized carbons (Fsp3) is 0.679. The molecule has 2 heterocycles. The Morgan fingerprint density at radius 2 is 1.86 bits per heavy atom. The second-order valence-corrected chi connectivity index (χ2v) is 11.6. The van der Waals surface area contributed by atoms with Gasteiger partial charge in [0, 0.05) is 42.7 Å². The van der Waals surface area contributed by atoms with E-state index in [2.05, 4.69) is 0 Å². The summed E-state index contributed by atoms with van der Waals surface area (Å²) in [5.74, 6) is -0.874. The van der Waals surface area contributed by atoms with Crippen LogP contribution >= 0.6 is 0 Å². The average Bonchev–Trinajstić information content (AvgIpc) is 3.17. The average molecular weight is 519 g/mol. The highest BCUT2D eigenvalue weighted by molar-refractivity contribution is 5.98. The summed E-state index contributed by atoms with van der Waals surface area (Å²) in [7, 11) is 2.87. The molecule has 1 saturated carbocycles. The SMILES string of the molecule is COC(=O)CC[C@]1(C)[C@H]2Cc3c(c(C)c4c(c3OC)C(=O)OC4)O[C@@]2(C)C[C@@H](OC(C)=O)[C@H]1C(C)(C)O. The van der Waals surface area contributed by atoms with Crippen LogP contribution in [0.2, 0.25) is 0 Å². The Hall–Kier alpha value is -2.81. The quantitative estimate of drug-likeness (QED) is 0.445. The van der Waals surface area contributed by atoms with E-state index in [0.29, 0.717) is 36.3 Å². The van der Waals surface area contributed by atoms with Crippen LogP contribution in [0.3, 0.4) is 0 Å². The van der Waals surface area contributed by atoms with Crippen LogP contribution in [0.4, 0.5) is 0 Å². The number of hydrogen-bond acceptors (Lipinski definition) is 9. The lowest BCUT2D eigenvalue weighted by Crippen LogP contribution is -2.66. The van der Waals surface area contributed by atoms with Gasteiger partial charge in [0.1, 0.15) is 35.4 Å². The van der Waals surface area contributed by atoms with Gasteiger partial charge < -0.3 is 28.8 Å². The van der Waals surface area contributed by atoms with Gasteiger partial charge in [0.05, 0.1) is 19.8 Å². The van der Waals surface area contributed by atoms with Crippen LogP contribution in [0.5, 0.6) is 11.5 Å². The van der Waals surface area contributed by atoms with Gasteiger partial charge in [-0.15, -0.1) is 0 Å². The van der Waals surface area contributed by atoms with Crippen LogP contribution in [0.1, 0.15) is 80.9 Å². The maximum absolute atomic E-state index is 12.6. The molecule has 37 heavy (non-hydrogen) atoms. The highest BCUT2D eigenvalue weighted by Crippen LogP contribution is 2.62. The van der Waals surface area contributed by atoms with Gasteiger partial charge in [0.15, 0.2) is 0 Å². The maximum atomic E-state index is 12.6. The summed E-state index contributed by atoms with van der Waals surface area (Å²) >= 11 is 0. The first-order valence-corrected chi connectivity index (χ1v) is 12.7. The molecule has 5 atom stereocenters. The summed E-state index contributed by atoms with van der Waals surface area (Å²) in [4.78, 5) is 37.1. The molecule has 4 rings (SSSR count). The first-order valence-electron chi connectivity index (χ1n) is 12.7. The number of fused-ring (bicyclic) bond motifs is 3. The summed E-state index contributed by atoms with van der Waals surface area (Å²) in [6, 6.07) is 0. The number of ether oxygens (including phenoxy) is 5. The van der Waals surface area contributed by atoms with Crippen LogP contribution in [-0.2, 0) is 36.8 Å². The number of carbonyl (C=O) groups is 3. The Bertz CT molecular complexity index is 1130. The molecule has 3 aliphatic rings. The molecule has 0 bridgehead atoms. The number of carbonyl (C=O) groups excluding carboxylic acids is 3. The number of methoxy groups -OCH3 is 2. The van der Waals surface area contributed by atoms with Gasteiger partial charge in [-0.05, 0) is 51.5 Å². The minimum absolute atomic E-state index is 0.123. The molecule has 1 N–H and O–H groups in total. The van der Waals surface area contributed by atoms with E-state index >= 15 is 0 Å². The van der Waals surface area contributed by atoms with Crippen molar-refractivity contribution in [3.63, 3.8) is 0 Å². The minimum Gasteiger partial charge on any atom is -0.495 e. The van der Waals surface area contributed by atoms with E-state index in [4.69, 9.17) is 23.7 Å². The fourth-order valence-corrected chi connectivity index (χ4v) is 7.48. The zero-order valence-electron chi connectivity index (χ0n) is 23.0. The molecule has 0 spiro atoms. The molecule has 0 aromatic heterocycles. The van der Waals surface area contributed by atoms with Crippen LogP contribution in [-0.4, -0.2) is 54.5 Å². The van der Waals surface area contributed by atoms with E-state index in [1.807, 2.05) is 20.8 Å². The molecule has 0 amide bonds. The Balaban J connectivity index is 1.92. The Morgan fingerprint density at radius 3 is 2.43 bits per heavy atom. The van der Waals surface area contributed by atoms with Crippen molar-refractivity contribution >= 4 is 17.9 Å². The number of cyclic esters (lactones) is 1. The van der Waals surface area contributed by atoms with Crippen molar-refractivity contribution in [1.82, 2.24) is 0 Å². The van der Waals surface area contributed by atoms with E-state index in [1.165, 1.54) is 21.1 Å². The fourth-order valence-electron chi connectivity index (χ4n) is 7.48. The monoisotopic (exact) mass is 518 g/mol. The van der Waals surface area contributed by atoms with Gasteiger partial charge >= 0.3 is 17.9 Å². The van der Waals surface area contributed by atoms with Crippen molar-refractivity contribution in [2.75, 3.05) is 14.2 Å². The lowest BCUT2D eigenvalue weighted by molar-refractivity contribution is -0.223. The zero-order chi connectivity index (χ0) is 27.5. The summed E-state index contributed by atoms with van der Waals surface area (Å²) in [5.41, 5.74) is -0.00394. The van der Waals surface area contributed by atoms with E-state index in [9.17, 15) is 19.5 Å². The summed E-state index contributed by atoms with van der Waals surface area (Å²) < 4.78 is 28.7. The predicted octanol–water partition coefficient (Wildman–Crippen LogP) is 3.67.